The van der Waals surface area contributed by atoms with Crippen LogP contribution in [0.5, 0.6) is 0 Å². The fourth-order valence-corrected chi connectivity index (χ4v) is 1.51. The summed E-state index contributed by atoms with van der Waals surface area (Å²) >= 11 is 0. The predicted molar refractivity (Wildman–Crippen MR) is 47.9 cm³/mol. The van der Waals surface area contributed by atoms with E-state index in [9.17, 15) is 0 Å². The second kappa shape index (κ2) is 2.95. The van der Waals surface area contributed by atoms with Crippen molar-refractivity contribution in [3.05, 3.63) is 12.7 Å². The van der Waals surface area contributed by atoms with Crippen molar-refractivity contribution in [1.29, 1.82) is 0 Å². The van der Waals surface area contributed by atoms with Crippen molar-refractivity contribution in [2.24, 2.45) is 5.92 Å². The lowest BCUT2D eigenvalue weighted by Gasteiger charge is -2.33. The van der Waals surface area contributed by atoms with Crippen LogP contribution in [0.3, 0.4) is 0 Å². The summed E-state index contributed by atoms with van der Waals surface area (Å²) in [6.45, 7) is 6.21. The molecule has 0 aromatic rings. The Morgan fingerprint density at radius 2 is 2.09 bits per heavy atom. The Bertz CT molecular complexity index is 146. The zero-order valence-electron chi connectivity index (χ0n) is 7.88. The largest absolute Gasteiger partial charge is 0.250 e. The standard InChI is InChI=1S/C9H19N2/c1-5-9-6-7-10(8-9)11(2,3)4/h5,9H,1,6-8H2,2-4H3/q+1. The quantitative estimate of drug-likeness (QED) is 0.426. The van der Waals surface area contributed by atoms with Crippen LogP contribution in [0.1, 0.15) is 6.42 Å². The third kappa shape index (κ3) is 2.04. The van der Waals surface area contributed by atoms with Gasteiger partial charge in [-0.2, -0.15) is 5.01 Å². The molecule has 0 bridgehead atoms. The zero-order chi connectivity index (χ0) is 8.48. The zero-order valence-corrected chi connectivity index (χ0v) is 7.88. The molecule has 1 rings (SSSR count). The Morgan fingerprint density at radius 3 is 2.36 bits per heavy atom. The molecular formula is C9H19N2+. The lowest BCUT2D eigenvalue weighted by atomic mass is 10.1. The lowest BCUT2D eigenvalue weighted by molar-refractivity contribution is -0.985. The van der Waals surface area contributed by atoms with Gasteiger partial charge in [-0.3, -0.25) is 4.59 Å². The van der Waals surface area contributed by atoms with Crippen molar-refractivity contribution in [1.82, 2.24) is 5.01 Å². The van der Waals surface area contributed by atoms with E-state index in [1.807, 2.05) is 0 Å². The van der Waals surface area contributed by atoms with Crippen LogP contribution < -0.4 is 0 Å². The average Bonchev–Trinajstić information content (AvgIpc) is 2.32. The first-order chi connectivity index (χ1) is 5.04. The molecule has 2 heteroatoms. The third-order valence-corrected chi connectivity index (χ3v) is 2.39. The fourth-order valence-electron chi connectivity index (χ4n) is 1.51. The van der Waals surface area contributed by atoms with Gasteiger partial charge < -0.3 is 0 Å². The smallest absolute Gasteiger partial charge is 0.0855 e. The van der Waals surface area contributed by atoms with Crippen molar-refractivity contribution < 1.29 is 4.59 Å². The molecule has 1 heterocycles. The van der Waals surface area contributed by atoms with Gasteiger partial charge in [0.25, 0.3) is 0 Å². The summed E-state index contributed by atoms with van der Waals surface area (Å²) in [6.07, 6.45) is 3.36. The van der Waals surface area contributed by atoms with Gasteiger partial charge in [-0.05, 0) is 12.3 Å². The molecule has 0 N–H and O–H groups in total. The number of hydrogen-bond donors (Lipinski definition) is 0. The highest BCUT2D eigenvalue weighted by molar-refractivity contribution is 4.84. The summed E-state index contributed by atoms with van der Waals surface area (Å²) in [5, 5.41) is 2.46. The molecule has 1 aliphatic rings. The van der Waals surface area contributed by atoms with Gasteiger partial charge in [-0.15, -0.1) is 6.58 Å². The summed E-state index contributed by atoms with van der Waals surface area (Å²) < 4.78 is 0.949. The molecule has 0 aromatic heterocycles. The molecule has 64 valence electrons. The monoisotopic (exact) mass is 155 g/mol. The molecule has 0 amide bonds. The van der Waals surface area contributed by atoms with E-state index in [1.54, 1.807) is 0 Å². The predicted octanol–water partition coefficient (Wildman–Crippen LogP) is 1.12. The SMILES string of the molecule is C=CC1CCN([N+](C)(C)C)C1. The number of rotatable bonds is 2. The van der Waals surface area contributed by atoms with Crippen molar-refractivity contribution in [3.63, 3.8) is 0 Å². The van der Waals surface area contributed by atoms with Gasteiger partial charge in [0, 0.05) is 6.54 Å². The van der Waals surface area contributed by atoms with Crippen LogP contribution in [0.25, 0.3) is 0 Å². The number of hydrogen-bond acceptors (Lipinski definition) is 1. The second-order valence-electron chi connectivity index (χ2n) is 4.14. The Hall–Kier alpha value is -0.340. The van der Waals surface area contributed by atoms with Crippen molar-refractivity contribution in [2.45, 2.75) is 6.42 Å². The van der Waals surface area contributed by atoms with Crippen LogP contribution in [-0.2, 0) is 0 Å². The fraction of sp³-hybridized carbons (Fsp3) is 0.778. The highest BCUT2D eigenvalue weighted by atomic mass is 15.7. The van der Waals surface area contributed by atoms with E-state index in [0.717, 1.165) is 4.59 Å². The van der Waals surface area contributed by atoms with Crippen molar-refractivity contribution in [2.75, 3.05) is 34.2 Å². The maximum atomic E-state index is 3.83. The van der Waals surface area contributed by atoms with Gasteiger partial charge in [0.15, 0.2) is 0 Å². The van der Waals surface area contributed by atoms with Crippen LogP contribution in [0.4, 0.5) is 0 Å². The highest BCUT2D eigenvalue weighted by Crippen LogP contribution is 2.19. The van der Waals surface area contributed by atoms with E-state index in [4.69, 9.17) is 0 Å². The van der Waals surface area contributed by atoms with E-state index < -0.39 is 0 Å². The molecule has 0 spiro atoms. The van der Waals surface area contributed by atoms with E-state index in [2.05, 4.69) is 38.8 Å². The Morgan fingerprint density at radius 1 is 1.45 bits per heavy atom. The van der Waals surface area contributed by atoms with Gasteiger partial charge in [0.1, 0.15) is 0 Å². The Kier molecular flexibility index (Phi) is 2.35. The van der Waals surface area contributed by atoms with Crippen LogP contribution >= 0.6 is 0 Å². The number of nitrogens with zero attached hydrogens (tertiary/aromatic N) is 2. The van der Waals surface area contributed by atoms with Crippen LogP contribution in [0.15, 0.2) is 12.7 Å². The molecule has 0 radical (unpaired) electrons. The molecule has 0 aliphatic carbocycles. The highest BCUT2D eigenvalue weighted by Gasteiger charge is 2.29. The van der Waals surface area contributed by atoms with Gasteiger partial charge in [-0.25, -0.2) is 0 Å². The summed E-state index contributed by atoms with van der Waals surface area (Å²) in [5.41, 5.74) is 0. The first-order valence-electron chi connectivity index (χ1n) is 4.23. The third-order valence-electron chi connectivity index (χ3n) is 2.39. The Balaban J connectivity index is 2.48. The van der Waals surface area contributed by atoms with E-state index in [0.29, 0.717) is 5.92 Å². The van der Waals surface area contributed by atoms with Crippen molar-refractivity contribution >= 4 is 0 Å². The number of quaternary nitrogens is 1. The van der Waals surface area contributed by atoms with E-state index in [1.165, 1.54) is 19.5 Å². The molecule has 1 atom stereocenters. The summed E-state index contributed by atoms with van der Waals surface area (Å²) in [6, 6.07) is 0. The average molecular weight is 155 g/mol. The molecule has 1 aliphatic heterocycles. The summed E-state index contributed by atoms with van der Waals surface area (Å²) in [7, 11) is 6.64. The topological polar surface area (TPSA) is 3.24 Å². The molecule has 2 nitrogen and oxygen atoms in total. The minimum Gasteiger partial charge on any atom is -0.250 e. The molecule has 1 saturated heterocycles. The molecule has 0 saturated carbocycles. The van der Waals surface area contributed by atoms with E-state index in [-0.39, 0.29) is 0 Å². The van der Waals surface area contributed by atoms with Crippen LogP contribution in [-0.4, -0.2) is 43.8 Å². The minimum atomic E-state index is 0.715. The van der Waals surface area contributed by atoms with E-state index >= 15 is 0 Å². The van der Waals surface area contributed by atoms with Gasteiger partial charge in [-0.1, -0.05) is 6.08 Å². The maximum absolute atomic E-state index is 3.83. The van der Waals surface area contributed by atoms with Gasteiger partial charge >= 0.3 is 0 Å². The second-order valence-corrected chi connectivity index (χ2v) is 4.14. The molecule has 1 fully saturated rings. The minimum absolute atomic E-state index is 0.715. The van der Waals surface area contributed by atoms with Crippen molar-refractivity contribution in [3.8, 4) is 0 Å². The molecule has 0 aromatic carbocycles. The maximum Gasteiger partial charge on any atom is 0.0855 e. The molecular weight excluding hydrogens is 136 g/mol. The molecule has 11 heavy (non-hydrogen) atoms. The normalized spacial score (nSPS) is 27.4. The summed E-state index contributed by atoms with van der Waals surface area (Å²) in [4.78, 5) is 0. The van der Waals surface area contributed by atoms with Crippen LogP contribution in [0, 0.1) is 5.92 Å². The first-order valence-corrected chi connectivity index (χ1v) is 4.23. The molecule has 1 unspecified atom stereocenters. The lowest BCUT2D eigenvalue weighted by Crippen LogP contribution is -2.50. The van der Waals surface area contributed by atoms with Gasteiger partial charge in [0.05, 0.1) is 27.7 Å². The Labute approximate surface area is 69.7 Å². The first kappa shape index (κ1) is 8.75. The van der Waals surface area contributed by atoms with Gasteiger partial charge in [0.2, 0.25) is 0 Å². The summed E-state index contributed by atoms with van der Waals surface area (Å²) in [5.74, 6) is 0.715. The van der Waals surface area contributed by atoms with Crippen LogP contribution in [0.2, 0.25) is 0 Å².